The van der Waals surface area contributed by atoms with Crippen LogP contribution in [0.2, 0.25) is 0 Å². The lowest BCUT2D eigenvalue weighted by molar-refractivity contribution is -0.138. The maximum absolute atomic E-state index is 12.6. The van der Waals surface area contributed by atoms with Gasteiger partial charge in [0.05, 0.1) is 17.5 Å². The minimum absolute atomic E-state index is 0.142. The second-order valence-corrected chi connectivity index (χ2v) is 7.44. The molecule has 1 unspecified atom stereocenters. The molecule has 1 aromatic carbocycles. The molecule has 0 saturated carbocycles. The lowest BCUT2D eigenvalue weighted by atomic mass is 10.0. The first-order chi connectivity index (χ1) is 11.3. The van der Waals surface area contributed by atoms with Gasteiger partial charge in [0.2, 0.25) is 10.0 Å². The summed E-state index contributed by atoms with van der Waals surface area (Å²) in [6.45, 7) is 9.62. The first kappa shape index (κ1) is 20.4. The van der Waals surface area contributed by atoms with E-state index in [1.54, 1.807) is 31.2 Å². The summed E-state index contributed by atoms with van der Waals surface area (Å²) in [7, 11) is -3.73. The Hall–Kier alpha value is -1.66. The van der Waals surface area contributed by atoms with Crippen molar-refractivity contribution < 1.29 is 17.9 Å². The molecule has 1 aromatic rings. The number of rotatable bonds is 10. The average Bonchev–Trinajstić information content (AvgIpc) is 2.54. The van der Waals surface area contributed by atoms with Crippen LogP contribution in [0.1, 0.15) is 45.1 Å². The summed E-state index contributed by atoms with van der Waals surface area (Å²) in [5, 5.41) is 0. The standard InChI is InChI=1S/C18H27NO4S/c1-5-7-8-9-17(15(4)18(20)23-6-2)19-24(21,22)16-12-10-14(3)11-13-16/h10-13,17,19H,4-9H2,1-3H3. The Morgan fingerprint density at radius 2 is 1.83 bits per heavy atom. The van der Waals surface area contributed by atoms with Crippen LogP contribution >= 0.6 is 0 Å². The predicted octanol–water partition coefficient (Wildman–Crippen LogP) is 3.34. The number of carbonyl (C=O) groups is 1. The Balaban J connectivity index is 2.95. The van der Waals surface area contributed by atoms with Gasteiger partial charge in [0.15, 0.2) is 0 Å². The van der Waals surface area contributed by atoms with Crippen molar-refractivity contribution in [2.45, 2.75) is 57.4 Å². The minimum Gasteiger partial charge on any atom is -0.463 e. The van der Waals surface area contributed by atoms with Gasteiger partial charge in [0.1, 0.15) is 0 Å². The summed E-state index contributed by atoms with van der Waals surface area (Å²) in [6, 6.07) is 5.91. The molecular weight excluding hydrogens is 326 g/mol. The van der Waals surface area contributed by atoms with Gasteiger partial charge in [-0.25, -0.2) is 17.9 Å². The van der Waals surface area contributed by atoms with E-state index in [0.717, 1.165) is 24.8 Å². The van der Waals surface area contributed by atoms with Crippen LogP contribution in [0, 0.1) is 6.92 Å². The van der Waals surface area contributed by atoms with Crippen LogP contribution in [-0.4, -0.2) is 27.0 Å². The van der Waals surface area contributed by atoms with E-state index in [-0.39, 0.29) is 17.1 Å². The molecule has 0 bridgehead atoms. The van der Waals surface area contributed by atoms with Crippen molar-refractivity contribution >= 4 is 16.0 Å². The number of hydrogen-bond donors (Lipinski definition) is 1. The van der Waals surface area contributed by atoms with E-state index in [2.05, 4.69) is 18.2 Å². The Kier molecular flexibility index (Phi) is 8.15. The highest BCUT2D eigenvalue weighted by molar-refractivity contribution is 7.89. The SMILES string of the molecule is C=C(C(=O)OCC)C(CCCCC)NS(=O)(=O)c1ccc(C)cc1. The van der Waals surface area contributed by atoms with Gasteiger partial charge in [0.25, 0.3) is 0 Å². The van der Waals surface area contributed by atoms with Crippen LogP contribution in [-0.2, 0) is 19.6 Å². The van der Waals surface area contributed by atoms with E-state index in [1.165, 1.54) is 0 Å². The van der Waals surface area contributed by atoms with Crippen LogP contribution in [0.15, 0.2) is 41.3 Å². The third kappa shape index (κ3) is 6.09. The molecule has 0 radical (unpaired) electrons. The molecule has 134 valence electrons. The number of sulfonamides is 1. The highest BCUT2D eigenvalue weighted by atomic mass is 32.2. The molecule has 5 nitrogen and oxygen atoms in total. The van der Waals surface area contributed by atoms with Crippen molar-refractivity contribution in [3.05, 3.63) is 42.0 Å². The van der Waals surface area contributed by atoms with Crippen molar-refractivity contribution in [3.63, 3.8) is 0 Å². The van der Waals surface area contributed by atoms with Gasteiger partial charge in [-0.05, 0) is 32.4 Å². The Labute approximate surface area is 145 Å². The van der Waals surface area contributed by atoms with E-state index in [0.29, 0.717) is 6.42 Å². The third-order valence-corrected chi connectivity index (χ3v) is 5.17. The Morgan fingerprint density at radius 1 is 1.21 bits per heavy atom. The number of nitrogens with one attached hydrogen (secondary N) is 1. The molecule has 1 rings (SSSR count). The zero-order valence-electron chi connectivity index (χ0n) is 14.7. The van der Waals surface area contributed by atoms with Crippen molar-refractivity contribution in [2.75, 3.05) is 6.61 Å². The molecule has 0 amide bonds. The van der Waals surface area contributed by atoms with E-state index in [4.69, 9.17) is 4.74 Å². The number of aryl methyl sites for hydroxylation is 1. The molecule has 24 heavy (non-hydrogen) atoms. The van der Waals surface area contributed by atoms with Gasteiger partial charge in [0, 0.05) is 5.57 Å². The molecule has 0 aliphatic heterocycles. The monoisotopic (exact) mass is 353 g/mol. The van der Waals surface area contributed by atoms with Crippen LogP contribution in [0.4, 0.5) is 0 Å². The fourth-order valence-corrected chi connectivity index (χ4v) is 3.51. The molecule has 0 saturated heterocycles. The molecule has 0 fully saturated rings. The molecule has 0 heterocycles. The number of unbranched alkanes of at least 4 members (excludes halogenated alkanes) is 2. The number of hydrogen-bond acceptors (Lipinski definition) is 4. The number of benzene rings is 1. The molecule has 0 aliphatic carbocycles. The fraction of sp³-hybridized carbons (Fsp3) is 0.500. The quantitative estimate of drug-likeness (QED) is 0.398. The fourth-order valence-electron chi connectivity index (χ4n) is 2.24. The van der Waals surface area contributed by atoms with Crippen LogP contribution < -0.4 is 4.72 Å². The Bertz CT molecular complexity index is 650. The molecule has 0 spiro atoms. The number of esters is 1. The smallest absolute Gasteiger partial charge is 0.335 e. The molecule has 6 heteroatoms. The second-order valence-electron chi connectivity index (χ2n) is 5.73. The maximum Gasteiger partial charge on any atom is 0.335 e. The molecular formula is C18H27NO4S. The van der Waals surface area contributed by atoms with E-state index in [9.17, 15) is 13.2 Å². The van der Waals surface area contributed by atoms with Crippen LogP contribution in [0.3, 0.4) is 0 Å². The van der Waals surface area contributed by atoms with Gasteiger partial charge in [-0.2, -0.15) is 0 Å². The summed E-state index contributed by atoms with van der Waals surface area (Å²) in [5.41, 5.74) is 1.12. The highest BCUT2D eigenvalue weighted by Gasteiger charge is 2.25. The van der Waals surface area contributed by atoms with E-state index >= 15 is 0 Å². The predicted molar refractivity (Wildman–Crippen MR) is 95.2 cm³/mol. The minimum atomic E-state index is -3.73. The van der Waals surface area contributed by atoms with Gasteiger partial charge in [-0.1, -0.05) is 50.5 Å². The van der Waals surface area contributed by atoms with Gasteiger partial charge >= 0.3 is 5.97 Å². The van der Waals surface area contributed by atoms with Crippen molar-refractivity contribution in [2.24, 2.45) is 0 Å². The van der Waals surface area contributed by atoms with E-state index in [1.807, 2.05) is 6.92 Å². The lowest BCUT2D eigenvalue weighted by Gasteiger charge is -2.20. The molecule has 1 atom stereocenters. The second kappa shape index (κ2) is 9.59. The largest absolute Gasteiger partial charge is 0.463 e. The first-order valence-corrected chi connectivity index (χ1v) is 9.75. The van der Waals surface area contributed by atoms with Crippen molar-refractivity contribution in [3.8, 4) is 0 Å². The normalized spacial score (nSPS) is 12.6. The van der Waals surface area contributed by atoms with Crippen molar-refractivity contribution in [1.29, 1.82) is 0 Å². The topological polar surface area (TPSA) is 72.5 Å². The number of ether oxygens (including phenoxy) is 1. The summed E-state index contributed by atoms with van der Waals surface area (Å²) >= 11 is 0. The summed E-state index contributed by atoms with van der Waals surface area (Å²) in [5.74, 6) is -0.564. The van der Waals surface area contributed by atoms with Gasteiger partial charge < -0.3 is 4.74 Å². The zero-order chi connectivity index (χ0) is 18.2. The first-order valence-electron chi connectivity index (χ1n) is 8.26. The highest BCUT2D eigenvalue weighted by Crippen LogP contribution is 2.17. The average molecular weight is 353 g/mol. The van der Waals surface area contributed by atoms with Crippen molar-refractivity contribution in [1.82, 2.24) is 4.72 Å². The van der Waals surface area contributed by atoms with Gasteiger partial charge in [-0.15, -0.1) is 0 Å². The maximum atomic E-state index is 12.6. The molecule has 0 aromatic heterocycles. The summed E-state index contributed by atoms with van der Waals surface area (Å²) in [6.07, 6.45) is 3.27. The zero-order valence-corrected chi connectivity index (χ0v) is 15.5. The third-order valence-electron chi connectivity index (χ3n) is 3.68. The Morgan fingerprint density at radius 3 is 2.38 bits per heavy atom. The van der Waals surface area contributed by atoms with Gasteiger partial charge in [-0.3, -0.25) is 0 Å². The van der Waals surface area contributed by atoms with E-state index < -0.39 is 22.0 Å². The summed E-state index contributed by atoms with van der Waals surface area (Å²) < 4.78 is 32.7. The van der Waals surface area contributed by atoms with Crippen LogP contribution in [0.5, 0.6) is 0 Å². The van der Waals surface area contributed by atoms with Crippen LogP contribution in [0.25, 0.3) is 0 Å². The molecule has 0 aliphatic rings. The summed E-state index contributed by atoms with van der Waals surface area (Å²) in [4.78, 5) is 12.1. The number of carbonyl (C=O) groups excluding carboxylic acids is 1. The lowest BCUT2D eigenvalue weighted by Crippen LogP contribution is -2.38. The molecule has 1 N–H and O–H groups in total.